The van der Waals surface area contributed by atoms with Crippen LogP contribution in [-0.4, -0.2) is 40.2 Å². The number of carbonyl (C=O) groups excluding carboxylic acids is 2. The standard InChI is InChI=1S/C11H12FNO5/c1-2-18-11(17)9(16)8(15)6-3-7(5-14)10(12)13-4-6/h3-5,8-9,15-16H,2H2,1H3. The Morgan fingerprint density at radius 2 is 2.28 bits per heavy atom. The van der Waals surface area contributed by atoms with Crippen molar-refractivity contribution in [2.75, 3.05) is 6.61 Å². The second-order valence-corrected chi connectivity index (χ2v) is 3.41. The average molecular weight is 257 g/mol. The van der Waals surface area contributed by atoms with Gasteiger partial charge in [-0.1, -0.05) is 0 Å². The molecule has 1 aromatic heterocycles. The molecule has 0 aliphatic heterocycles. The van der Waals surface area contributed by atoms with Crippen LogP contribution in [0.15, 0.2) is 12.3 Å². The molecule has 98 valence electrons. The average Bonchev–Trinajstić information content (AvgIpc) is 2.38. The smallest absolute Gasteiger partial charge is 0.338 e. The lowest BCUT2D eigenvalue weighted by molar-refractivity contribution is -0.159. The van der Waals surface area contributed by atoms with Gasteiger partial charge in [0.1, 0.15) is 6.10 Å². The maximum atomic E-state index is 12.9. The van der Waals surface area contributed by atoms with Crippen molar-refractivity contribution in [3.05, 3.63) is 29.3 Å². The van der Waals surface area contributed by atoms with Crippen LogP contribution in [0.2, 0.25) is 0 Å². The van der Waals surface area contributed by atoms with E-state index in [4.69, 9.17) is 0 Å². The predicted molar refractivity (Wildman–Crippen MR) is 57.2 cm³/mol. The highest BCUT2D eigenvalue weighted by Crippen LogP contribution is 2.18. The summed E-state index contributed by atoms with van der Waals surface area (Å²) in [5.74, 6) is -2.01. The van der Waals surface area contributed by atoms with Crippen molar-refractivity contribution >= 4 is 12.3 Å². The quantitative estimate of drug-likeness (QED) is 0.437. The Kier molecular flexibility index (Phi) is 4.87. The van der Waals surface area contributed by atoms with Gasteiger partial charge in [-0.2, -0.15) is 4.39 Å². The predicted octanol–water partition coefficient (Wildman–Crippen LogP) is -0.00940. The molecule has 0 amide bonds. The topological polar surface area (TPSA) is 96.7 Å². The van der Waals surface area contributed by atoms with E-state index in [1.54, 1.807) is 6.92 Å². The summed E-state index contributed by atoms with van der Waals surface area (Å²) >= 11 is 0. The number of ether oxygens (including phenoxy) is 1. The third-order valence-electron chi connectivity index (χ3n) is 2.18. The molecule has 0 saturated heterocycles. The third kappa shape index (κ3) is 3.08. The molecule has 1 heterocycles. The van der Waals surface area contributed by atoms with Gasteiger partial charge in [0.25, 0.3) is 0 Å². The molecule has 18 heavy (non-hydrogen) atoms. The Hall–Kier alpha value is -1.86. The fourth-order valence-corrected chi connectivity index (χ4v) is 1.27. The maximum absolute atomic E-state index is 12.9. The Bertz CT molecular complexity index is 451. The molecule has 2 atom stereocenters. The van der Waals surface area contributed by atoms with Crippen molar-refractivity contribution in [1.82, 2.24) is 4.98 Å². The van der Waals surface area contributed by atoms with Gasteiger partial charge >= 0.3 is 5.97 Å². The van der Waals surface area contributed by atoms with E-state index in [0.29, 0.717) is 0 Å². The van der Waals surface area contributed by atoms with Crippen molar-refractivity contribution < 1.29 is 28.9 Å². The van der Waals surface area contributed by atoms with E-state index in [1.165, 1.54) is 0 Å². The molecule has 0 spiro atoms. The van der Waals surface area contributed by atoms with Crippen LogP contribution in [-0.2, 0) is 9.53 Å². The van der Waals surface area contributed by atoms with E-state index in [-0.39, 0.29) is 24.0 Å². The Labute approximate surface area is 102 Å². The SMILES string of the molecule is CCOC(=O)C(O)C(O)c1cnc(F)c(C=O)c1. The van der Waals surface area contributed by atoms with Crippen LogP contribution in [0.5, 0.6) is 0 Å². The van der Waals surface area contributed by atoms with Crippen LogP contribution in [0.1, 0.15) is 28.9 Å². The molecule has 0 aliphatic rings. The lowest BCUT2D eigenvalue weighted by Gasteiger charge is -2.16. The van der Waals surface area contributed by atoms with Gasteiger partial charge in [0.05, 0.1) is 12.2 Å². The van der Waals surface area contributed by atoms with Gasteiger partial charge in [-0.05, 0) is 13.0 Å². The number of carbonyl (C=O) groups is 2. The largest absolute Gasteiger partial charge is 0.464 e. The number of aliphatic hydroxyl groups excluding tert-OH is 2. The normalized spacial score (nSPS) is 13.8. The minimum Gasteiger partial charge on any atom is -0.464 e. The molecule has 1 rings (SSSR count). The molecule has 2 N–H and O–H groups in total. The first-order valence-electron chi connectivity index (χ1n) is 5.14. The number of hydrogen-bond donors (Lipinski definition) is 2. The zero-order valence-electron chi connectivity index (χ0n) is 9.54. The Morgan fingerprint density at radius 1 is 1.61 bits per heavy atom. The van der Waals surface area contributed by atoms with Crippen molar-refractivity contribution in [1.29, 1.82) is 0 Å². The lowest BCUT2D eigenvalue weighted by Crippen LogP contribution is -2.30. The van der Waals surface area contributed by atoms with Crippen molar-refractivity contribution in [2.24, 2.45) is 0 Å². The maximum Gasteiger partial charge on any atom is 0.338 e. The monoisotopic (exact) mass is 257 g/mol. The van der Waals surface area contributed by atoms with Gasteiger partial charge < -0.3 is 14.9 Å². The summed E-state index contributed by atoms with van der Waals surface area (Å²) in [5.41, 5.74) is -0.429. The van der Waals surface area contributed by atoms with Gasteiger partial charge in [0, 0.05) is 11.8 Å². The zero-order chi connectivity index (χ0) is 13.7. The minimum atomic E-state index is -1.82. The van der Waals surface area contributed by atoms with E-state index in [1.807, 2.05) is 0 Å². The number of aldehydes is 1. The third-order valence-corrected chi connectivity index (χ3v) is 2.18. The van der Waals surface area contributed by atoms with E-state index < -0.39 is 24.1 Å². The van der Waals surface area contributed by atoms with Crippen LogP contribution in [0.25, 0.3) is 0 Å². The molecule has 0 radical (unpaired) electrons. The second-order valence-electron chi connectivity index (χ2n) is 3.41. The zero-order valence-corrected chi connectivity index (χ0v) is 9.54. The Morgan fingerprint density at radius 3 is 2.83 bits per heavy atom. The van der Waals surface area contributed by atoms with Gasteiger partial charge in [-0.3, -0.25) is 4.79 Å². The second kappa shape index (κ2) is 6.18. The highest BCUT2D eigenvalue weighted by atomic mass is 19.1. The molecule has 0 bridgehead atoms. The van der Waals surface area contributed by atoms with Crippen LogP contribution in [0, 0.1) is 5.95 Å². The van der Waals surface area contributed by atoms with Crippen molar-refractivity contribution in [3.63, 3.8) is 0 Å². The summed E-state index contributed by atoms with van der Waals surface area (Å²) in [4.78, 5) is 24.9. The number of nitrogens with zero attached hydrogens (tertiary/aromatic N) is 1. The number of rotatable bonds is 5. The summed E-state index contributed by atoms with van der Waals surface area (Å²) in [6, 6.07) is 1.00. The first-order chi connectivity index (χ1) is 8.51. The van der Waals surface area contributed by atoms with E-state index in [0.717, 1.165) is 12.3 Å². The minimum absolute atomic E-state index is 0.0455. The summed E-state index contributed by atoms with van der Waals surface area (Å²) in [6.45, 7) is 1.59. The van der Waals surface area contributed by atoms with E-state index in [9.17, 15) is 24.2 Å². The summed E-state index contributed by atoms with van der Waals surface area (Å²) in [5, 5.41) is 19.1. The molecule has 1 aromatic rings. The first kappa shape index (κ1) is 14.2. The molecule has 6 nitrogen and oxygen atoms in total. The molecule has 0 fully saturated rings. The summed E-state index contributed by atoms with van der Waals surface area (Å²) in [7, 11) is 0. The molecular weight excluding hydrogens is 245 g/mol. The van der Waals surface area contributed by atoms with Crippen molar-refractivity contribution in [2.45, 2.75) is 19.1 Å². The molecular formula is C11H12FNO5. The van der Waals surface area contributed by atoms with E-state index in [2.05, 4.69) is 9.72 Å². The number of aliphatic hydroxyl groups is 2. The van der Waals surface area contributed by atoms with E-state index >= 15 is 0 Å². The fraction of sp³-hybridized carbons (Fsp3) is 0.364. The lowest BCUT2D eigenvalue weighted by atomic mass is 10.1. The highest BCUT2D eigenvalue weighted by molar-refractivity contribution is 5.76. The van der Waals surface area contributed by atoms with Crippen LogP contribution < -0.4 is 0 Å². The Balaban J connectivity index is 2.92. The van der Waals surface area contributed by atoms with Crippen LogP contribution in [0.4, 0.5) is 4.39 Å². The molecule has 0 aliphatic carbocycles. The van der Waals surface area contributed by atoms with Crippen LogP contribution in [0.3, 0.4) is 0 Å². The van der Waals surface area contributed by atoms with Crippen LogP contribution >= 0.6 is 0 Å². The fourth-order valence-electron chi connectivity index (χ4n) is 1.27. The molecule has 2 unspecified atom stereocenters. The number of esters is 1. The van der Waals surface area contributed by atoms with Crippen molar-refractivity contribution in [3.8, 4) is 0 Å². The summed E-state index contributed by atoms with van der Waals surface area (Å²) < 4.78 is 17.4. The van der Waals surface area contributed by atoms with Gasteiger partial charge in [0.2, 0.25) is 5.95 Å². The molecule has 7 heteroatoms. The molecule has 0 saturated carbocycles. The van der Waals surface area contributed by atoms with Gasteiger partial charge in [-0.25, -0.2) is 9.78 Å². The highest BCUT2D eigenvalue weighted by Gasteiger charge is 2.27. The number of halogens is 1. The van der Waals surface area contributed by atoms with Gasteiger partial charge in [0.15, 0.2) is 12.4 Å². The first-order valence-corrected chi connectivity index (χ1v) is 5.14. The summed E-state index contributed by atoms with van der Waals surface area (Å²) in [6.07, 6.45) is -2.32. The molecule has 0 aromatic carbocycles. The number of aromatic nitrogens is 1. The van der Waals surface area contributed by atoms with Gasteiger partial charge in [-0.15, -0.1) is 0 Å². The number of hydrogen-bond acceptors (Lipinski definition) is 6. The number of pyridine rings is 1.